The Morgan fingerprint density at radius 1 is 1.61 bits per heavy atom. The van der Waals surface area contributed by atoms with Crippen molar-refractivity contribution < 1.29 is 9.53 Å². The summed E-state index contributed by atoms with van der Waals surface area (Å²) in [7, 11) is 0. The molecule has 0 saturated carbocycles. The summed E-state index contributed by atoms with van der Waals surface area (Å²) >= 11 is 3.28. The highest BCUT2D eigenvalue weighted by molar-refractivity contribution is 9.10. The summed E-state index contributed by atoms with van der Waals surface area (Å²) < 4.78 is 6.47. The zero-order valence-electron chi connectivity index (χ0n) is 10.8. The molecule has 1 amide bonds. The third-order valence-corrected chi connectivity index (χ3v) is 3.26. The summed E-state index contributed by atoms with van der Waals surface area (Å²) in [6, 6.07) is 3.48. The van der Waals surface area contributed by atoms with Gasteiger partial charge >= 0.3 is 0 Å². The minimum Gasteiger partial charge on any atom is -0.369 e. The quantitative estimate of drug-likeness (QED) is 0.748. The fraction of sp³-hybridized carbons (Fsp3) is 0.538. The van der Waals surface area contributed by atoms with E-state index in [2.05, 4.69) is 20.9 Å². The molecule has 0 N–H and O–H groups in total. The largest absolute Gasteiger partial charge is 0.369 e. The zero-order valence-corrected chi connectivity index (χ0v) is 12.4. The van der Waals surface area contributed by atoms with Gasteiger partial charge in [-0.2, -0.15) is 0 Å². The highest BCUT2D eigenvalue weighted by atomic mass is 79.9. The maximum Gasteiger partial charge on any atom is 0.254 e. The van der Waals surface area contributed by atoms with Gasteiger partial charge in [-0.05, 0) is 48.8 Å². The van der Waals surface area contributed by atoms with Crippen LogP contribution in [0.5, 0.6) is 0 Å². The summed E-state index contributed by atoms with van der Waals surface area (Å²) in [6.07, 6.45) is 1.69. The van der Waals surface area contributed by atoms with Gasteiger partial charge in [-0.1, -0.05) is 0 Å². The summed E-state index contributed by atoms with van der Waals surface area (Å²) in [6.45, 7) is 7.23. The molecule has 1 aliphatic rings. The molecule has 1 saturated heterocycles. The van der Waals surface area contributed by atoms with E-state index in [0.717, 1.165) is 0 Å². The van der Waals surface area contributed by atoms with Crippen LogP contribution in [-0.2, 0) is 4.74 Å². The molecular formula is C13H17BrN2O2. The molecule has 0 spiro atoms. The van der Waals surface area contributed by atoms with Crippen molar-refractivity contribution in [3.8, 4) is 0 Å². The predicted octanol–water partition coefficient (Wildman–Crippen LogP) is 2.48. The first-order chi connectivity index (χ1) is 8.37. The van der Waals surface area contributed by atoms with Gasteiger partial charge in [0.1, 0.15) is 4.60 Å². The molecule has 2 heterocycles. The molecule has 0 bridgehead atoms. The Morgan fingerprint density at radius 3 is 2.94 bits per heavy atom. The number of morpholine rings is 1. The van der Waals surface area contributed by atoms with Crippen LogP contribution in [0.4, 0.5) is 0 Å². The van der Waals surface area contributed by atoms with Gasteiger partial charge in [0.15, 0.2) is 0 Å². The molecule has 98 valence electrons. The molecule has 1 aliphatic heterocycles. The van der Waals surface area contributed by atoms with E-state index in [4.69, 9.17) is 4.74 Å². The Labute approximate surface area is 115 Å². The molecule has 1 unspecified atom stereocenters. The van der Waals surface area contributed by atoms with E-state index >= 15 is 0 Å². The number of carbonyl (C=O) groups excluding carboxylic acids is 1. The van der Waals surface area contributed by atoms with Crippen LogP contribution in [0.3, 0.4) is 0 Å². The molecule has 1 aromatic heterocycles. The lowest BCUT2D eigenvalue weighted by Gasteiger charge is -2.41. The monoisotopic (exact) mass is 312 g/mol. The number of carbonyl (C=O) groups is 1. The molecule has 1 fully saturated rings. The lowest BCUT2D eigenvalue weighted by molar-refractivity contribution is -0.118. The van der Waals surface area contributed by atoms with Crippen LogP contribution < -0.4 is 0 Å². The van der Waals surface area contributed by atoms with Gasteiger partial charge in [0.25, 0.3) is 5.91 Å². The maximum absolute atomic E-state index is 12.4. The minimum absolute atomic E-state index is 0.0290. The van der Waals surface area contributed by atoms with E-state index in [1.54, 1.807) is 18.3 Å². The fourth-order valence-corrected chi connectivity index (χ4v) is 2.69. The highest BCUT2D eigenvalue weighted by Crippen LogP contribution is 2.22. The number of hydrogen-bond acceptors (Lipinski definition) is 3. The second-order valence-corrected chi connectivity index (χ2v) is 6.05. The van der Waals surface area contributed by atoms with Crippen LogP contribution in [0.25, 0.3) is 0 Å². The molecule has 18 heavy (non-hydrogen) atoms. The van der Waals surface area contributed by atoms with Crippen molar-refractivity contribution in [1.29, 1.82) is 0 Å². The van der Waals surface area contributed by atoms with Gasteiger partial charge in [-0.3, -0.25) is 4.79 Å². The molecular weight excluding hydrogens is 296 g/mol. The zero-order chi connectivity index (χ0) is 13.3. The second kappa shape index (κ2) is 4.97. The SMILES string of the molecule is CC1CN(C(=O)c2ccnc(Br)c2)CC(C)(C)O1. The lowest BCUT2D eigenvalue weighted by atomic mass is 10.0. The van der Waals surface area contributed by atoms with E-state index in [1.807, 2.05) is 25.7 Å². The first kappa shape index (κ1) is 13.5. The normalized spacial score (nSPS) is 22.9. The number of pyridine rings is 1. The van der Waals surface area contributed by atoms with Gasteiger partial charge in [-0.25, -0.2) is 4.98 Å². The van der Waals surface area contributed by atoms with E-state index in [-0.39, 0.29) is 17.6 Å². The molecule has 5 heteroatoms. The van der Waals surface area contributed by atoms with Crippen LogP contribution in [-0.4, -0.2) is 40.6 Å². The van der Waals surface area contributed by atoms with Crippen molar-refractivity contribution in [3.63, 3.8) is 0 Å². The third-order valence-electron chi connectivity index (χ3n) is 2.83. The summed E-state index contributed by atoms with van der Waals surface area (Å²) in [5.74, 6) is 0.0290. The smallest absolute Gasteiger partial charge is 0.254 e. The number of hydrogen-bond donors (Lipinski definition) is 0. The number of halogens is 1. The number of ether oxygens (including phenoxy) is 1. The standard InChI is InChI=1S/C13H17BrN2O2/c1-9-7-16(8-13(2,3)18-9)12(17)10-4-5-15-11(14)6-10/h4-6,9H,7-8H2,1-3H3. The van der Waals surface area contributed by atoms with E-state index < -0.39 is 0 Å². The Kier molecular flexibility index (Phi) is 3.73. The van der Waals surface area contributed by atoms with Gasteiger partial charge < -0.3 is 9.64 Å². The molecule has 4 nitrogen and oxygen atoms in total. The average molecular weight is 313 g/mol. The fourth-order valence-electron chi connectivity index (χ4n) is 2.33. The van der Waals surface area contributed by atoms with Crippen LogP contribution in [0.1, 0.15) is 31.1 Å². The van der Waals surface area contributed by atoms with E-state index in [0.29, 0.717) is 23.3 Å². The van der Waals surface area contributed by atoms with Gasteiger partial charge in [0, 0.05) is 24.8 Å². The van der Waals surface area contributed by atoms with Crippen molar-refractivity contribution in [2.45, 2.75) is 32.5 Å². The third kappa shape index (κ3) is 3.09. The van der Waals surface area contributed by atoms with Crippen molar-refractivity contribution in [3.05, 3.63) is 28.5 Å². The maximum atomic E-state index is 12.4. The van der Waals surface area contributed by atoms with Crippen LogP contribution >= 0.6 is 15.9 Å². The minimum atomic E-state index is -0.294. The number of rotatable bonds is 1. The molecule has 0 aromatic carbocycles. The van der Waals surface area contributed by atoms with Crippen molar-refractivity contribution >= 4 is 21.8 Å². The second-order valence-electron chi connectivity index (χ2n) is 5.24. The topological polar surface area (TPSA) is 42.4 Å². The van der Waals surface area contributed by atoms with Crippen LogP contribution in [0.2, 0.25) is 0 Å². The van der Waals surface area contributed by atoms with E-state index in [1.165, 1.54) is 0 Å². The Bertz CT molecular complexity index is 462. The Balaban J connectivity index is 2.18. The van der Waals surface area contributed by atoms with Crippen LogP contribution in [0, 0.1) is 0 Å². The first-order valence-electron chi connectivity index (χ1n) is 5.96. The molecule has 0 radical (unpaired) electrons. The Morgan fingerprint density at radius 2 is 2.33 bits per heavy atom. The van der Waals surface area contributed by atoms with Gasteiger partial charge in [0.2, 0.25) is 0 Å². The summed E-state index contributed by atoms with van der Waals surface area (Å²) in [5.41, 5.74) is 0.360. The van der Waals surface area contributed by atoms with Crippen molar-refractivity contribution in [1.82, 2.24) is 9.88 Å². The lowest BCUT2D eigenvalue weighted by Crippen LogP contribution is -2.53. The van der Waals surface area contributed by atoms with E-state index in [9.17, 15) is 4.79 Å². The van der Waals surface area contributed by atoms with Gasteiger partial charge in [-0.15, -0.1) is 0 Å². The van der Waals surface area contributed by atoms with Gasteiger partial charge in [0.05, 0.1) is 11.7 Å². The number of nitrogens with zero attached hydrogens (tertiary/aromatic N) is 2. The highest BCUT2D eigenvalue weighted by Gasteiger charge is 2.34. The molecule has 2 rings (SSSR count). The average Bonchev–Trinajstić information content (AvgIpc) is 2.25. The predicted molar refractivity (Wildman–Crippen MR) is 72.5 cm³/mol. The molecule has 0 aliphatic carbocycles. The van der Waals surface area contributed by atoms with Crippen LogP contribution in [0.15, 0.2) is 22.9 Å². The first-order valence-corrected chi connectivity index (χ1v) is 6.75. The molecule has 1 atom stereocenters. The number of aromatic nitrogens is 1. The summed E-state index contributed by atoms with van der Waals surface area (Å²) in [4.78, 5) is 18.3. The Hall–Kier alpha value is -0.940. The van der Waals surface area contributed by atoms with Crippen molar-refractivity contribution in [2.24, 2.45) is 0 Å². The van der Waals surface area contributed by atoms with Crippen molar-refractivity contribution in [2.75, 3.05) is 13.1 Å². The number of amides is 1. The molecule has 1 aromatic rings. The summed E-state index contributed by atoms with van der Waals surface area (Å²) in [5, 5.41) is 0.